The summed E-state index contributed by atoms with van der Waals surface area (Å²) in [6.45, 7) is 3.96. The molecule has 1 unspecified atom stereocenters. The average Bonchev–Trinajstić information content (AvgIpc) is 2.93. The summed E-state index contributed by atoms with van der Waals surface area (Å²) in [6.07, 6.45) is 1.13. The molecule has 3 aromatic rings. The van der Waals surface area contributed by atoms with Gasteiger partial charge in [-0.2, -0.15) is 5.26 Å². The lowest BCUT2D eigenvalue weighted by molar-refractivity contribution is -0.384. The van der Waals surface area contributed by atoms with Gasteiger partial charge in [-0.15, -0.1) is 0 Å². The first-order chi connectivity index (χ1) is 19.6. The zero-order valence-corrected chi connectivity index (χ0v) is 22.4. The van der Waals surface area contributed by atoms with Crippen LogP contribution in [0, 0.1) is 46.9 Å². The van der Waals surface area contributed by atoms with E-state index >= 15 is 0 Å². The third-order valence-corrected chi connectivity index (χ3v) is 7.53. The summed E-state index contributed by atoms with van der Waals surface area (Å²) < 4.78 is 33.2. The summed E-state index contributed by atoms with van der Waals surface area (Å²) in [5, 5.41) is 22.2. The summed E-state index contributed by atoms with van der Waals surface area (Å²) in [4.78, 5) is 26.0. The highest BCUT2D eigenvalue weighted by atomic mass is 19.1. The predicted molar refractivity (Wildman–Crippen MR) is 148 cm³/mol. The average molecular weight is 557 g/mol. The highest BCUT2D eigenvalue weighted by molar-refractivity contribution is 6.01. The summed E-state index contributed by atoms with van der Waals surface area (Å²) in [6, 6.07) is 14.7. The first kappa shape index (κ1) is 27.5. The third kappa shape index (κ3) is 5.02. The molecule has 8 nitrogen and oxygen atoms in total. The van der Waals surface area contributed by atoms with Crippen LogP contribution in [-0.4, -0.2) is 10.7 Å². The highest BCUT2D eigenvalue weighted by Gasteiger charge is 2.42. The fourth-order valence-corrected chi connectivity index (χ4v) is 5.58. The Balaban J connectivity index is 1.66. The van der Waals surface area contributed by atoms with E-state index in [2.05, 4.69) is 6.07 Å². The molecule has 0 bridgehead atoms. The molecule has 0 amide bonds. The molecule has 208 valence electrons. The Labute approximate surface area is 235 Å². The number of nitro groups is 1. The second-order valence-electron chi connectivity index (χ2n) is 10.1. The van der Waals surface area contributed by atoms with Gasteiger partial charge in [-0.1, -0.05) is 12.1 Å². The Morgan fingerprint density at radius 1 is 1.07 bits per heavy atom. The Morgan fingerprint density at radius 3 is 2.46 bits per heavy atom. The van der Waals surface area contributed by atoms with Crippen molar-refractivity contribution >= 4 is 17.2 Å². The van der Waals surface area contributed by atoms with Crippen molar-refractivity contribution < 1.29 is 23.2 Å². The van der Waals surface area contributed by atoms with E-state index in [-0.39, 0.29) is 41.7 Å². The fraction of sp³-hybridized carbons (Fsp3) is 0.226. The van der Waals surface area contributed by atoms with Gasteiger partial charge < -0.3 is 10.5 Å². The second kappa shape index (κ2) is 10.8. The number of ketones is 1. The van der Waals surface area contributed by atoms with Gasteiger partial charge in [0.25, 0.3) is 5.69 Å². The molecule has 0 saturated heterocycles. The number of hydrogen-bond acceptors (Lipinski definition) is 7. The molecule has 41 heavy (non-hydrogen) atoms. The molecule has 0 spiro atoms. The van der Waals surface area contributed by atoms with E-state index in [1.807, 2.05) is 26.0 Å². The standard InChI is InChI=1S/C31H26F2N4O4/c1-17-12-18(2)23(13-19(17)16-41-22-9-6-20(32)7-10-22)29-24(15-34)31(35)36(26-4-3-5-28(38)30(26)29)25-11-8-21(33)14-27(25)37(39)40/h6-14,29H,3-5,16,35H2,1-2H3. The number of ether oxygens (including phenoxy) is 1. The SMILES string of the molecule is Cc1cc(C)c(C2C(C#N)=C(N)N(c3ccc(F)cc3[N+](=O)[O-])C3=C2C(=O)CCC3)cc1COc1ccc(F)cc1. The molecular weight excluding hydrogens is 530 g/mol. The molecule has 0 fully saturated rings. The number of allylic oxidation sites excluding steroid dienone is 3. The van der Waals surface area contributed by atoms with Gasteiger partial charge in [-0.3, -0.25) is 19.8 Å². The Hall–Kier alpha value is -5.04. The maximum absolute atomic E-state index is 14.0. The molecule has 1 heterocycles. The van der Waals surface area contributed by atoms with E-state index in [1.165, 1.54) is 35.2 Å². The zero-order valence-electron chi connectivity index (χ0n) is 22.4. The molecule has 5 rings (SSSR count). The predicted octanol–water partition coefficient (Wildman–Crippen LogP) is 6.37. The summed E-state index contributed by atoms with van der Waals surface area (Å²) >= 11 is 0. The van der Waals surface area contributed by atoms with Crippen molar-refractivity contribution in [1.82, 2.24) is 0 Å². The van der Waals surface area contributed by atoms with Crippen molar-refractivity contribution in [2.45, 2.75) is 45.6 Å². The quantitative estimate of drug-likeness (QED) is 0.276. The van der Waals surface area contributed by atoms with Gasteiger partial charge in [0.05, 0.1) is 28.5 Å². The second-order valence-corrected chi connectivity index (χ2v) is 10.1. The minimum absolute atomic E-state index is 0.0173. The first-order valence-electron chi connectivity index (χ1n) is 13.0. The molecule has 1 aliphatic carbocycles. The molecule has 10 heteroatoms. The number of nitriles is 1. The van der Waals surface area contributed by atoms with E-state index < -0.39 is 22.3 Å². The van der Waals surface area contributed by atoms with Crippen LogP contribution >= 0.6 is 0 Å². The first-order valence-corrected chi connectivity index (χ1v) is 13.0. The maximum atomic E-state index is 14.0. The van der Waals surface area contributed by atoms with E-state index in [4.69, 9.17) is 10.5 Å². The van der Waals surface area contributed by atoms with Crippen LogP contribution in [0.15, 0.2) is 77.3 Å². The number of anilines is 1. The summed E-state index contributed by atoms with van der Waals surface area (Å²) in [5.41, 5.74) is 10.1. The van der Waals surface area contributed by atoms with Gasteiger partial charge in [0.1, 0.15) is 35.5 Å². The number of aryl methyl sites for hydroxylation is 2. The summed E-state index contributed by atoms with van der Waals surface area (Å²) in [5.74, 6) is -1.73. The van der Waals surface area contributed by atoms with Crippen LogP contribution < -0.4 is 15.4 Å². The molecule has 3 aromatic carbocycles. The number of Topliss-reactive ketones (excluding diaryl/α,β-unsaturated/α-hetero) is 1. The van der Waals surface area contributed by atoms with Crippen molar-refractivity contribution in [3.05, 3.63) is 121 Å². The van der Waals surface area contributed by atoms with Gasteiger partial charge >= 0.3 is 0 Å². The number of halogens is 2. The number of hydrogen-bond donors (Lipinski definition) is 1. The maximum Gasteiger partial charge on any atom is 0.296 e. The van der Waals surface area contributed by atoms with Crippen molar-refractivity contribution in [1.29, 1.82) is 5.26 Å². The van der Waals surface area contributed by atoms with Gasteiger partial charge in [-0.25, -0.2) is 8.78 Å². The molecule has 1 aliphatic heterocycles. The van der Waals surface area contributed by atoms with Crippen molar-refractivity contribution in [3.8, 4) is 11.8 Å². The third-order valence-electron chi connectivity index (χ3n) is 7.53. The Bertz CT molecular complexity index is 1690. The normalized spacial score (nSPS) is 16.9. The van der Waals surface area contributed by atoms with Crippen molar-refractivity contribution in [2.24, 2.45) is 5.73 Å². The lowest BCUT2D eigenvalue weighted by Gasteiger charge is -2.39. The zero-order chi connectivity index (χ0) is 29.4. The van der Waals surface area contributed by atoms with E-state index in [1.54, 1.807) is 0 Å². The highest BCUT2D eigenvalue weighted by Crippen LogP contribution is 2.48. The van der Waals surface area contributed by atoms with E-state index in [0.29, 0.717) is 35.4 Å². The van der Waals surface area contributed by atoms with Crippen LogP contribution in [0.25, 0.3) is 0 Å². The number of nitrogens with two attached hydrogens (primary N) is 1. The minimum atomic E-state index is -0.802. The van der Waals surface area contributed by atoms with Crippen LogP contribution in [-0.2, 0) is 11.4 Å². The number of carbonyl (C=O) groups excluding carboxylic acids is 1. The molecule has 2 aliphatic rings. The van der Waals surface area contributed by atoms with Crippen LogP contribution in [0.2, 0.25) is 0 Å². The fourth-order valence-electron chi connectivity index (χ4n) is 5.58. The lowest BCUT2D eigenvalue weighted by atomic mass is 9.74. The molecule has 1 atom stereocenters. The number of nitro benzene ring substituents is 1. The molecule has 0 radical (unpaired) electrons. The van der Waals surface area contributed by atoms with Gasteiger partial charge in [0, 0.05) is 17.7 Å². The Morgan fingerprint density at radius 2 is 1.78 bits per heavy atom. The number of rotatable bonds is 6. The number of nitrogens with zero attached hydrogens (tertiary/aromatic N) is 3. The smallest absolute Gasteiger partial charge is 0.296 e. The van der Waals surface area contributed by atoms with Crippen molar-refractivity contribution in [3.63, 3.8) is 0 Å². The van der Waals surface area contributed by atoms with Gasteiger partial charge in [-0.05, 0) is 85.3 Å². The molecule has 0 aromatic heterocycles. The van der Waals surface area contributed by atoms with E-state index in [9.17, 15) is 29.0 Å². The number of benzene rings is 3. The summed E-state index contributed by atoms with van der Waals surface area (Å²) in [7, 11) is 0. The monoisotopic (exact) mass is 556 g/mol. The van der Waals surface area contributed by atoms with Gasteiger partial charge in [0.2, 0.25) is 0 Å². The molecular formula is C31H26F2N4O4. The van der Waals surface area contributed by atoms with Gasteiger partial charge in [0.15, 0.2) is 5.78 Å². The van der Waals surface area contributed by atoms with E-state index in [0.717, 1.165) is 28.8 Å². The number of carbonyl (C=O) groups is 1. The molecule has 0 saturated carbocycles. The topological polar surface area (TPSA) is 122 Å². The lowest BCUT2D eigenvalue weighted by Crippen LogP contribution is -2.39. The Kier molecular flexibility index (Phi) is 7.28. The van der Waals surface area contributed by atoms with Crippen LogP contribution in [0.3, 0.4) is 0 Å². The van der Waals surface area contributed by atoms with Crippen LogP contribution in [0.1, 0.15) is 47.4 Å². The minimum Gasteiger partial charge on any atom is -0.489 e. The van der Waals surface area contributed by atoms with Crippen LogP contribution in [0.5, 0.6) is 5.75 Å². The largest absolute Gasteiger partial charge is 0.489 e. The molecule has 2 N–H and O–H groups in total. The van der Waals surface area contributed by atoms with Crippen LogP contribution in [0.4, 0.5) is 20.2 Å². The van der Waals surface area contributed by atoms with Crippen molar-refractivity contribution in [2.75, 3.05) is 4.90 Å².